The molecular formula is C34H35N3O6S. The average Bonchev–Trinajstić information content (AvgIpc) is 3.52. The minimum atomic E-state index is -3.57. The largest absolute Gasteiger partial charge is 0.454 e. The Hall–Kier alpha value is -4.67. The van der Waals surface area contributed by atoms with E-state index < -0.39 is 16.1 Å². The second kappa shape index (κ2) is 14.2. The van der Waals surface area contributed by atoms with Gasteiger partial charge in [0.1, 0.15) is 6.04 Å². The van der Waals surface area contributed by atoms with Crippen LogP contribution in [0.25, 0.3) is 0 Å². The van der Waals surface area contributed by atoms with Gasteiger partial charge in [-0.05, 0) is 52.9 Å². The van der Waals surface area contributed by atoms with E-state index in [9.17, 15) is 18.0 Å². The Labute approximate surface area is 257 Å². The van der Waals surface area contributed by atoms with Crippen molar-refractivity contribution in [2.24, 2.45) is 0 Å². The second-order valence-corrected chi connectivity index (χ2v) is 12.1. The summed E-state index contributed by atoms with van der Waals surface area (Å²) in [6.07, 6.45) is 0.511. The molecule has 2 N–H and O–H groups in total. The van der Waals surface area contributed by atoms with Crippen LogP contribution in [0.2, 0.25) is 0 Å². The fourth-order valence-electron chi connectivity index (χ4n) is 5.05. The molecule has 10 heteroatoms. The van der Waals surface area contributed by atoms with Crippen LogP contribution >= 0.6 is 0 Å². The van der Waals surface area contributed by atoms with Crippen LogP contribution in [0.1, 0.15) is 41.6 Å². The van der Waals surface area contributed by atoms with Gasteiger partial charge in [-0.15, -0.1) is 0 Å². The Morgan fingerprint density at radius 1 is 0.818 bits per heavy atom. The quantitative estimate of drug-likeness (QED) is 0.225. The number of sulfonamides is 1. The molecule has 0 fully saturated rings. The standard InChI is InChI=1S/C34H35N3O6S/c1-2-36-44(40,41)29-17-13-25(14-18-29)16-20-32(38)37(23-26-9-5-3-6-10-26)33(28-11-7-4-8-12-28)34(39)35-22-27-15-19-30-31(21-27)43-24-42-30/h3-15,17-19,21,33,36H,2,16,20,22-24H2,1H3,(H,35,39)/t33-/m1/s1. The van der Waals surface area contributed by atoms with Gasteiger partial charge in [0, 0.05) is 26.1 Å². The molecule has 9 nitrogen and oxygen atoms in total. The first-order chi connectivity index (χ1) is 21.3. The molecule has 0 saturated heterocycles. The lowest BCUT2D eigenvalue weighted by Gasteiger charge is -2.32. The number of rotatable bonds is 13. The predicted molar refractivity (Wildman–Crippen MR) is 166 cm³/mol. The highest BCUT2D eigenvalue weighted by Crippen LogP contribution is 2.32. The smallest absolute Gasteiger partial charge is 0.247 e. The molecule has 1 aliphatic heterocycles. The molecule has 0 unspecified atom stereocenters. The van der Waals surface area contributed by atoms with E-state index in [4.69, 9.17) is 9.47 Å². The van der Waals surface area contributed by atoms with Gasteiger partial charge in [-0.1, -0.05) is 85.8 Å². The number of carbonyl (C=O) groups is 2. The maximum Gasteiger partial charge on any atom is 0.247 e. The molecule has 1 atom stereocenters. The van der Waals surface area contributed by atoms with E-state index in [-0.39, 0.29) is 43.0 Å². The summed E-state index contributed by atoms with van der Waals surface area (Å²) in [7, 11) is -3.57. The SMILES string of the molecule is CCNS(=O)(=O)c1ccc(CCC(=O)N(Cc2ccccc2)[C@@H](C(=O)NCc2ccc3c(c2)OCO3)c2ccccc2)cc1. The molecule has 0 spiro atoms. The molecule has 0 saturated carbocycles. The van der Waals surface area contributed by atoms with Crippen LogP contribution in [0.4, 0.5) is 0 Å². The topological polar surface area (TPSA) is 114 Å². The van der Waals surface area contributed by atoms with Gasteiger partial charge in [0.25, 0.3) is 0 Å². The zero-order valence-electron chi connectivity index (χ0n) is 24.4. The molecule has 228 valence electrons. The number of hydrogen-bond acceptors (Lipinski definition) is 6. The van der Waals surface area contributed by atoms with Crippen molar-refractivity contribution in [3.63, 3.8) is 0 Å². The fraction of sp³-hybridized carbons (Fsp3) is 0.235. The number of fused-ring (bicyclic) bond motifs is 1. The third kappa shape index (κ3) is 7.64. The van der Waals surface area contributed by atoms with Gasteiger partial charge >= 0.3 is 0 Å². The second-order valence-electron chi connectivity index (χ2n) is 10.4. The lowest BCUT2D eigenvalue weighted by atomic mass is 10.0. The van der Waals surface area contributed by atoms with Crippen molar-refractivity contribution in [3.8, 4) is 11.5 Å². The maximum absolute atomic E-state index is 14.0. The lowest BCUT2D eigenvalue weighted by Crippen LogP contribution is -2.43. The van der Waals surface area contributed by atoms with Crippen LogP contribution in [0, 0.1) is 0 Å². The normalized spacial score (nSPS) is 12.8. The number of carbonyl (C=O) groups excluding carboxylic acids is 2. The molecule has 0 aliphatic carbocycles. The molecule has 2 amide bonds. The zero-order valence-corrected chi connectivity index (χ0v) is 25.3. The first kappa shape index (κ1) is 30.8. The summed E-state index contributed by atoms with van der Waals surface area (Å²) >= 11 is 0. The highest BCUT2D eigenvalue weighted by atomic mass is 32.2. The third-order valence-electron chi connectivity index (χ3n) is 7.29. The van der Waals surface area contributed by atoms with E-state index in [1.807, 2.05) is 78.9 Å². The van der Waals surface area contributed by atoms with E-state index >= 15 is 0 Å². The van der Waals surface area contributed by atoms with Gasteiger partial charge in [0.05, 0.1) is 4.90 Å². The van der Waals surface area contributed by atoms with Crippen molar-refractivity contribution >= 4 is 21.8 Å². The van der Waals surface area contributed by atoms with Crippen LogP contribution in [0.5, 0.6) is 11.5 Å². The minimum Gasteiger partial charge on any atom is -0.454 e. The molecule has 1 aliphatic rings. The van der Waals surface area contributed by atoms with E-state index in [0.717, 1.165) is 16.7 Å². The summed E-state index contributed by atoms with van der Waals surface area (Å²) < 4.78 is 38.0. The molecular weight excluding hydrogens is 578 g/mol. The van der Waals surface area contributed by atoms with Gasteiger partial charge in [0.15, 0.2) is 11.5 Å². The first-order valence-corrected chi connectivity index (χ1v) is 16.0. The number of ether oxygens (including phenoxy) is 2. The minimum absolute atomic E-state index is 0.130. The molecule has 0 bridgehead atoms. The Morgan fingerprint density at radius 3 is 2.18 bits per heavy atom. The zero-order chi connectivity index (χ0) is 30.9. The van der Waals surface area contributed by atoms with E-state index in [1.54, 1.807) is 24.0 Å². The van der Waals surface area contributed by atoms with Crippen molar-refractivity contribution in [3.05, 3.63) is 125 Å². The number of amides is 2. The lowest BCUT2D eigenvalue weighted by molar-refractivity contribution is -0.141. The molecule has 5 rings (SSSR count). The maximum atomic E-state index is 14.0. The summed E-state index contributed by atoms with van der Waals surface area (Å²) in [5.74, 6) is 0.779. The van der Waals surface area contributed by atoms with Crippen molar-refractivity contribution in [2.45, 2.75) is 43.8 Å². The average molecular weight is 614 g/mol. The van der Waals surface area contributed by atoms with Gasteiger partial charge in [0.2, 0.25) is 28.6 Å². The van der Waals surface area contributed by atoms with Gasteiger partial charge < -0.3 is 19.7 Å². The van der Waals surface area contributed by atoms with Crippen molar-refractivity contribution in [2.75, 3.05) is 13.3 Å². The number of hydrogen-bond donors (Lipinski definition) is 2. The molecule has 0 radical (unpaired) electrons. The number of nitrogens with one attached hydrogen (secondary N) is 2. The van der Waals surface area contributed by atoms with Crippen LogP contribution in [-0.4, -0.2) is 38.5 Å². The molecule has 1 heterocycles. The summed E-state index contributed by atoms with van der Waals surface area (Å²) in [4.78, 5) is 29.7. The molecule has 4 aromatic carbocycles. The summed E-state index contributed by atoms with van der Waals surface area (Å²) in [6.45, 7) is 2.66. The predicted octanol–water partition coefficient (Wildman–Crippen LogP) is 4.73. The van der Waals surface area contributed by atoms with E-state index in [0.29, 0.717) is 30.0 Å². The molecule has 44 heavy (non-hydrogen) atoms. The number of nitrogens with zero attached hydrogens (tertiary/aromatic N) is 1. The Bertz CT molecular complexity index is 1680. The number of aryl methyl sites for hydroxylation is 1. The number of benzene rings is 4. The summed E-state index contributed by atoms with van der Waals surface area (Å²) in [5.41, 5.74) is 3.24. The van der Waals surface area contributed by atoms with Crippen LogP contribution < -0.4 is 19.5 Å². The van der Waals surface area contributed by atoms with Crippen molar-refractivity contribution in [1.29, 1.82) is 0 Å². The van der Waals surface area contributed by atoms with E-state index in [1.165, 1.54) is 12.1 Å². The van der Waals surface area contributed by atoms with E-state index in [2.05, 4.69) is 10.0 Å². The highest BCUT2D eigenvalue weighted by Gasteiger charge is 2.31. The van der Waals surface area contributed by atoms with Gasteiger partial charge in [-0.3, -0.25) is 9.59 Å². The highest BCUT2D eigenvalue weighted by molar-refractivity contribution is 7.89. The Balaban J connectivity index is 1.37. The fourth-order valence-corrected chi connectivity index (χ4v) is 6.09. The molecule has 0 aromatic heterocycles. The summed E-state index contributed by atoms with van der Waals surface area (Å²) in [6, 6.07) is 30.0. The van der Waals surface area contributed by atoms with Gasteiger partial charge in [-0.25, -0.2) is 13.1 Å². The van der Waals surface area contributed by atoms with Crippen molar-refractivity contribution in [1.82, 2.24) is 14.9 Å². The monoisotopic (exact) mass is 613 g/mol. The Morgan fingerprint density at radius 2 is 1.48 bits per heavy atom. The first-order valence-electron chi connectivity index (χ1n) is 14.5. The van der Waals surface area contributed by atoms with Gasteiger partial charge in [-0.2, -0.15) is 0 Å². The third-order valence-corrected chi connectivity index (χ3v) is 8.85. The van der Waals surface area contributed by atoms with Crippen LogP contribution in [0.15, 0.2) is 108 Å². The summed E-state index contributed by atoms with van der Waals surface area (Å²) in [5, 5.41) is 3.02. The van der Waals surface area contributed by atoms with Crippen LogP contribution in [0.3, 0.4) is 0 Å². The van der Waals surface area contributed by atoms with Crippen molar-refractivity contribution < 1.29 is 27.5 Å². The van der Waals surface area contributed by atoms with Crippen LogP contribution in [-0.2, 0) is 39.1 Å². The Kier molecular flexibility index (Phi) is 9.93. The molecule has 4 aromatic rings.